The highest BCUT2D eigenvalue weighted by Gasteiger charge is 2.30. The molecule has 1 aromatic heterocycles. The van der Waals surface area contributed by atoms with Gasteiger partial charge in [0.05, 0.1) is 17.2 Å². The number of hydrogen-bond acceptors (Lipinski definition) is 3. The Hall–Kier alpha value is -1.36. The van der Waals surface area contributed by atoms with Crippen molar-refractivity contribution in [1.82, 2.24) is 4.57 Å². The molecule has 0 amide bonds. The third kappa shape index (κ3) is 1.87. The number of hydrogen-bond donors (Lipinski definition) is 0. The first-order valence-corrected chi connectivity index (χ1v) is 4.88. The van der Waals surface area contributed by atoms with Crippen LogP contribution in [0.15, 0.2) is 18.5 Å². The average Bonchev–Trinajstić information content (AvgIpc) is 2.83. The van der Waals surface area contributed by atoms with Crippen molar-refractivity contribution in [2.75, 3.05) is 0 Å². The zero-order valence-electron chi connectivity index (χ0n) is 9.50. The van der Waals surface area contributed by atoms with Gasteiger partial charge in [-0.05, 0) is 19.2 Å². The van der Waals surface area contributed by atoms with E-state index in [9.17, 15) is 10.1 Å². The minimum absolute atomic E-state index is 0.0635. The van der Waals surface area contributed by atoms with E-state index in [1.165, 1.54) is 12.3 Å². The summed E-state index contributed by atoms with van der Waals surface area (Å²) in [5, 5.41) is 10.5. The SMILES string of the molecule is [2H]CC1OC(n2ccc([N+](=O)[O-])c2)CC1C. The van der Waals surface area contributed by atoms with Gasteiger partial charge in [0.15, 0.2) is 0 Å². The van der Waals surface area contributed by atoms with E-state index in [0.29, 0.717) is 5.92 Å². The normalized spacial score (nSPS) is 31.5. The molecule has 1 saturated heterocycles. The van der Waals surface area contributed by atoms with Crippen molar-refractivity contribution in [3.05, 3.63) is 28.6 Å². The van der Waals surface area contributed by atoms with Crippen LogP contribution in [-0.4, -0.2) is 15.6 Å². The van der Waals surface area contributed by atoms with Gasteiger partial charge >= 0.3 is 0 Å². The Morgan fingerprint density at radius 3 is 3.13 bits per heavy atom. The molecule has 0 spiro atoms. The Kier molecular flexibility index (Phi) is 2.17. The summed E-state index contributed by atoms with van der Waals surface area (Å²) in [5.41, 5.74) is 0.0746. The minimum atomic E-state index is -0.420. The zero-order valence-corrected chi connectivity index (χ0v) is 8.50. The maximum atomic E-state index is 10.5. The van der Waals surface area contributed by atoms with Crippen LogP contribution < -0.4 is 0 Å². The third-order valence-corrected chi connectivity index (χ3v) is 2.78. The topological polar surface area (TPSA) is 57.3 Å². The molecular weight excluding hydrogens is 196 g/mol. The highest BCUT2D eigenvalue weighted by atomic mass is 16.6. The van der Waals surface area contributed by atoms with E-state index in [4.69, 9.17) is 6.11 Å². The number of nitro groups is 1. The van der Waals surface area contributed by atoms with Gasteiger partial charge < -0.3 is 9.30 Å². The molecule has 0 N–H and O–H groups in total. The fraction of sp³-hybridized carbons (Fsp3) is 0.600. The predicted octanol–water partition coefficient (Wildman–Crippen LogP) is 2.34. The third-order valence-electron chi connectivity index (χ3n) is 2.78. The van der Waals surface area contributed by atoms with Gasteiger partial charge in [-0.15, -0.1) is 0 Å². The second-order valence-electron chi connectivity index (χ2n) is 3.92. The van der Waals surface area contributed by atoms with Crippen LogP contribution in [-0.2, 0) is 4.74 Å². The van der Waals surface area contributed by atoms with E-state index in [-0.39, 0.29) is 24.9 Å². The molecule has 82 valence electrons. The molecule has 1 aliphatic rings. The van der Waals surface area contributed by atoms with Crippen LogP contribution >= 0.6 is 0 Å². The minimum Gasteiger partial charge on any atom is -0.355 e. The van der Waals surface area contributed by atoms with Crippen LogP contribution in [0.25, 0.3) is 0 Å². The van der Waals surface area contributed by atoms with E-state index >= 15 is 0 Å². The first-order chi connectivity index (χ1) is 7.61. The summed E-state index contributed by atoms with van der Waals surface area (Å²) in [6, 6.07) is 1.46. The Morgan fingerprint density at radius 2 is 2.60 bits per heavy atom. The molecule has 0 saturated carbocycles. The number of nitrogens with zero attached hydrogens (tertiary/aromatic N) is 2. The van der Waals surface area contributed by atoms with Crippen molar-refractivity contribution in [3.8, 4) is 0 Å². The van der Waals surface area contributed by atoms with Crippen LogP contribution in [0.1, 0.15) is 27.8 Å². The summed E-state index contributed by atoms with van der Waals surface area (Å²) in [6.07, 6.45) is 3.70. The Bertz CT molecular complexity index is 393. The van der Waals surface area contributed by atoms with Gasteiger partial charge in [-0.25, -0.2) is 0 Å². The number of rotatable bonds is 2. The maximum Gasteiger partial charge on any atom is 0.286 e. The Balaban J connectivity index is 2.11. The molecule has 3 unspecified atom stereocenters. The van der Waals surface area contributed by atoms with Crippen LogP contribution in [0.4, 0.5) is 5.69 Å². The summed E-state index contributed by atoms with van der Waals surface area (Å²) in [5.74, 6) is 0.323. The van der Waals surface area contributed by atoms with E-state index in [1.807, 2.05) is 6.92 Å². The summed E-state index contributed by atoms with van der Waals surface area (Å²) >= 11 is 0. The molecule has 1 aromatic rings. The zero-order chi connectivity index (χ0) is 11.7. The lowest BCUT2D eigenvalue weighted by molar-refractivity contribution is -0.384. The molecule has 1 fully saturated rings. The highest BCUT2D eigenvalue weighted by Crippen LogP contribution is 2.33. The number of ether oxygens (including phenoxy) is 1. The number of aromatic nitrogens is 1. The van der Waals surface area contributed by atoms with Gasteiger partial charge in [-0.2, -0.15) is 0 Å². The van der Waals surface area contributed by atoms with Crippen LogP contribution in [0.3, 0.4) is 0 Å². The Morgan fingerprint density at radius 1 is 1.80 bits per heavy atom. The molecule has 0 aromatic carbocycles. The molecule has 2 heterocycles. The predicted molar refractivity (Wildman–Crippen MR) is 54.5 cm³/mol. The standard InChI is InChI=1S/C10H14N2O3/c1-7-5-10(15-8(7)2)11-4-3-9(6-11)12(13)14/h3-4,6-8,10H,5H2,1-2H3/i2D. The van der Waals surface area contributed by atoms with Crippen molar-refractivity contribution in [2.45, 2.75) is 32.6 Å². The monoisotopic (exact) mass is 211 g/mol. The molecule has 1 aliphatic heterocycles. The molecule has 15 heavy (non-hydrogen) atoms. The van der Waals surface area contributed by atoms with Gasteiger partial charge in [0.2, 0.25) is 0 Å². The van der Waals surface area contributed by atoms with Gasteiger partial charge in [0, 0.05) is 13.6 Å². The highest BCUT2D eigenvalue weighted by molar-refractivity contribution is 5.25. The lowest BCUT2D eigenvalue weighted by atomic mass is 10.1. The first-order valence-electron chi connectivity index (χ1n) is 5.59. The molecule has 2 rings (SSSR count). The van der Waals surface area contributed by atoms with Crippen molar-refractivity contribution in [3.63, 3.8) is 0 Å². The van der Waals surface area contributed by atoms with Gasteiger partial charge in [-0.3, -0.25) is 10.1 Å². The van der Waals surface area contributed by atoms with Crippen molar-refractivity contribution < 1.29 is 11.0 Å². The van der Waals surface area contributed by atoms with Gasteiger partial charge in [-0.1, -0.05) is 6.92 Å². The van der Waals surface area contributed by atoms with Crippen molar-refractivity contribution >= 4 is 5.69 Å². The summed E-state index contributed by atoms with van der Waals surface area (Å²) in [7, 11) is 0. The second-order valence-corrected chi connectivity index (χ2v) is 3.92. The fourth-order valence-electron chi connectivity index (χ4n) is 1.74. The smallest absolute Gasteiger partial charge is 0.286 e. The maximum absolute atomic E-state index is 10.5. The average molecular weight is 211 g/mol. The van der Waals surface area contributed by atoms with Gasteiger partial charge in [0.25, 0.3) is 5.69 Å². The molecule has 0 radical (unpaired) electrons. The van der Waals surface area contributed by atoms with Crippen LogP contribution in [0.2, 0.25) is 0 Å². The van der Waals surface area contributed by atoms with E-state index < -0.39 is 4.92 Å². The quantitative estimate of drug-likeness (QED) is 0.557. The fourth-order valence-corrected chi connectivity index (χ4v) is 1.74. The summed E-state index contributed by atoms with van der Waals surface area (Å²) in [6.45, 7) is 2.28. The first kappa shape index (κ1) is 8.91. The second kappa shape index (κ2) is 3.66. The van der Waals surface area contributed by atoms with Crippen molar-refractivity contribution in [1.29, 1.82) is 0 Å². The molecule has 0 aliphatic carbocycles. The van der Waals surface area contributed by atoms with Crippen LogP contribution in [0, 0.1) is 16.0 Å². The molecule has 0 bridgehead atoms. The van der Waals surface area contributed by atoms with E-state index in [1.54, 1.807) is 10.8 Å². The van der Waals surface area contributed by atoms with E-state index in [2.05, 4.69) is 0 Å². The van der Waals surface area contributed by atoms with Gasteiger partial charge in [0.1, 0.15) is 6.23 Å². The Labute approximate surface area is 89.2 Å². The molecular formula is C10H14N2O3. The van der Waals surface area contributed by atoms with Crippen molar-refractivity contribution in [2.24, 2.45) is 5.92 Å². The van der Waals surface area contributed by atoms with Crippen LogP contribution in [0.5, 0.6) is 0 Å². The molecule has 3 atom stereocenters. The summed E-state index contributed by atoms with van der Waals surface area (Å²) in [4.78, 5) is 10.1. The molecule has 5 heteroatoms. The van der Waals surface area contributed by atoms with E-state index in [0.717, 1.165) is 6.42 Å². The largest absolute Gasteiger partial charge is 0.355 e. The lowest BCUT2D eigenvalue weighted by Crippen LogP contribution is -2.08. The summed E-state index contributed by atoms with van der Waals surface area (Å²) < 4.78 is 14.7. The lowest BCUT2D eigenvalue weighted by Gasteiger charge is -2.11. The molecule has 5 nitrogen and oxygen atoms in total.